The van der Waals surface area contributed by atoms with Crippen molar-refractivity contribution >= 4 is 33.1 Å². The highest BCUT2D eigenvalue weighted by atomic mass is 32.2. The maximum atomic E-state index is 12.4. The molecule has 1 aliphatic heterocycles. The summed E-state index contributed by atoms with van der Waals surface area (Å²) in [7, 11) is -2.15. The molecule has 0 aromatic carbocycles. The molecule has 1 aliphatic rings. The Kier molecular flexibility index (Phi) is 5.06. The molecule has 0 aromatic rings. The second kappa shape index (κ2) is 5.94. The van der Waals surface area contributed by atoms with Crippen LogP contribution in [-0.4, -0.2) is 48.5 Å². The summed E-state index contributed by atoms with van der Waals surface area (Å²) in [5, 5.41) is 1.60. The number of nitrogens with zero attached hydrogens (tertiary/aromatic N) is 1. The zero-order valence-electron chi connectivity index (χ0n) is 10.5. The number of hydrogen-bond acceptors (Lipinski definition) is 4. The van der Waals surface area contributed by atoms with Gasteiger partial charge in [0.05, 0.1) is 4.99 Å². The predicted molar refractivity (Wildman–Crippen MR) is 73.6 cm³/mol. The van der Waals surface area contributed by atoms with Gasteiger partial charge in [0, 0.05) is 13.6 Å². The van der Waals surface area contributed by atoms with Crippen molar-refractivity contribution in [3.63, 3.8) is 0 Å². The van der Waals surface area contributed by atoms with Crippen molar-refractivity contribution in [3.05, 3.63) is 0 Å². The lowest BCUT2D eigenvalue weighted by atomic mass is 10.2. The van der Waals surface area contributed by atoms with Crippen molar-refractivity contribution in [3.8, 4) is 0 Å². The Morgan fingerprint density at radius 1 is 1.61 bits per heavy atom. The summed E-state index contributed by atoms with van der Waals surface area (Å²) < 4.78 is 26.1. The average Bonchev–Trinajstić information content (AvgIpc) is 2.77. The van der Waals surface area contributed by atoms with Gasteiger partial charge in [-0.3, -0.25) is 4.79 Å². The molecular formula is C10H19N3O3S2. The van der Waals surface area contributed by atoms with Crippen LogP contribution in [-0.2, 0) is 14.8 Å². The van der Waals surface area contributed by atoms with E-state index in [1.807, 2.05) is 0 Å². The Bertz CT molecular complexity index is 436. The van der Waals surface area contributed by atoms with E-state index < -0.39 is 21.3 Å². The van der Waals surface area contributed by atoms with Crippen LogP contribution in [0.25, 0.3) is 0 Å². The van der Waals surface area contributed by atoms with Crippen LogP contribution in [0.3, 0.4) is 0 Å². The molecule has 6 nitrogen and oxygen atoms in total. The van der Waals surface area contributed by atoms with Gasteiger partial charge >= 0.3 is 0 Å². The van der Waals surface area contributed by atoms with Gasteiger partial charge in [0.15, 0.2) is 0 Å². The number of likely N-dealkylation sites (N-methyl/N-ethyl adjacent to an activating group) is 1. The molecule has 2 atom stereocenters. The van der Waals surface area contributed by atoms with E-state index in [1.54, 1.807) is 6.92 Å². The smallest absolute Gasteiger partial charge is 0.238 e. The van der Waals surface area contributed by atoms with Gasteiger partial charge in [-0.1, -0.05) is 19.1 Å². The van der Waals surface area contributed by atoms with Crippen molar-refractivity contribution in [2.24, 2.45) is 5.73 Å². The lowest BCUT2D eigenvalue weighted by Crippen LogP contribution is -2.50. The molecule has 0 spiro atoms. The Balaban J connectivity index is 3.04. The van der Waals surface area contributed by atoms with Crippen LogP contribution in [0.5, 0.6) is 0 Å². The standard InChI is InChI=1S/C10H19N3O3S2/c1-3-8(9(11)17)18(15,16)13-6-4-5-7(13)10(14)12-2/h7-8H,3-6H2,1-2H3,(H2,11,17)(H,12,14). The fourth-order valence-electron chi connectivity index (χ4n) is 2.20. The molecule has 1 heterocycles. The molecule has 1 saturated heterocycles. The second-order valence-electron chi connectivity index (χ2n) is 4.23. The lowest BCUT2D eigenvalue weighted by molar-refractivity contribution is -0.123. The van der Waals surface area contributed by atoms with Gasteiger partial charge in [-0.05, 0) is 19.3 Å². The number of nitrogens with two attached hydrogens (primary N) is 1. The van der Waals surface area contributed by atoms with Crippen LogP contribution in [0.15, 0.2) is 0 Å². The fourth-order valence-corrected chi connectivity index (χ4v) is 4.71. The first-order valence-corrected chi connectivity index (χ1v) is 7.79. The number of thiocarbonyl (C=S) groups is 1. The molecule has 0 aromatic heterocycles. The third-order valence-corrected chi connectivity index (χ3v) is 5.96. The number of sulfonamides is 1. The summed E-state index contributed by atoms with van der Waals surface area (Å²) >= 11 is 4.80. The number of rotatable bonds is 5. The molecule has 0 bridgehead atoms. The van der Waals surface area contributed by atoms with Crippen LogP contribution in [0.2, 0.25) is 0 Å². The first-order valence-electron chi connectivity index (χ1n) is 5.87. The van der Waals surface area contributed by atoms with E-state index in [2.05, 4.69) is 5.32 Å². The molecule has 1 amide bonds. The zero-order chi connectivity index (χ0) is 13.9. The van der Waals surface area contributed by atoms with Gasteiger partial charge < -0.3 is 11.1 Å². The first-order chi connectivity index (χ1) is 8.36. The van der Waals surface area contributed by atoms with E-state index in [9.17, 15) is 13.2 Å². The van der Waals surface area contributed by atoms with Gasteiger partial charge in [0.25, 0.3) is 0 Å². The fraction of sp³-hybridized carbons (Fsp3) is 0.800. The topological polar surface area (TPSA) is 92.5 Å². The number of nitrogens with one attached hydrogen (secondary N) is 1. The van der Waals surface area contributed by atoms with Crippen LogP contribution >= 0.6 is 12.2 Å². The van der Waals surface area contributed by atoms with Crippen molar-refractivity contribution in [1.82, 2.24) is 9.62 Å². The summed E-state index contributed by atoms with van der Waals surface area (Å²) in [5.41, 5.74) is 5.48. The van der Waals surface area contributed by atoms with Crippen LogP contribution in [0.1, 0.15) is 26.2 Å². The molecule has 0 saturated carbocycles. The summed E-state index contributed by atoms with van der Waals surface area (Å²) in [4.78, 5) is 11.6. The minimum atomic E-state index is -3.65. The maximum absolute atomic E-state index is 12.4. The number of carbonyl (C=O) groups is 1. The van der Waals surface area contributed by atoms with Crippen molar-refractivity contribution < 1.29 is 13.2 Å². The Hall–Kier alpha value is -0.730. The number of hydrogen-bond donors (Lipinski definition) is 2. The van der Waals surface area contributed by atoms with E-state index in [-0.39, 0.29) is 10.9 Å². The molecule has 1 fully saturated rings. The van der Waals surface area contributed by atoms with E-state index in [0.29, 0.717) is 25.8 Å². The van der Waals surface area contributed by atoms with Gasteiger partial charge in [-0.15, -0.1) is 0 Å². The van der Waals surface area contributed by atoms with E-state index in [1.165, 1.54) is 11.4 Å². The molecule has 104 valence electrons. The molecule has 18 heavy (non-hydrogen) atoms. The maximum Gasteiger partial charge on any atom is 0.238 e. The molecular weight excluding hydrogens is 274 g/mol. The van der Waals surface area contributed by atoms with Crippen molar-refractivity contribution in [1.29, 1.82) is 0 Å². The minimum Gasteiger partial charge on any atom is -0.392 e. The SMILES string of the molecule is CCC(C(N)=S)S(=O)(=O)N1CCCC1C(=O)NC. The van der Waals surface area contributed by atoms with Gasteiger partial charge in [0.2, 0.25) is 15.9 Å². The van der Waals surface area contributed by atoms with Crippen LogP contribution in [0.4, 0.5) is 0 Å². The summed E-state index contributed by atoms with van der Waals surface area (Å²) in [5.74, 6) is -0.283. The highest BCUT2D eigenvalue weighted by Crippen LogP contribution is 2.25. The summed E-state index contributed by atoms with van der Waals surface area (Å²) in [6.07, 6.45) is 1.52. The molecule has 2 unspecified atom stereocenters. The first kappa shape index (κ1) is 15.3. The van der Waals surface area contributed by atoms with Gasteiger partial charge in [0.1, 0.15) is 11.3 Å². The summed E-state index contributed by atoms with van der Waals surface area (Å²) in [6, 6.07) is -0.636. The molecule has 0 radical (unpaired) electrons. The van der Waals surface area contributed by atoms with Crippen LogP contribution < -0.4 is 11.1 Å². The third kappa shape index (κ3) is 2.81. The Labute approximate surface area is 113 Å². The Morgan fingerprint density at radius 2 is 2.22 bits per heavy atom. The van der Waals surface area contributed by atoms with Crippen molar-refractivity contribution in [2.45, 2.75) is 37.5 Å². The molecule has 0 aliphatic carbocycles. The largest absolute Gasteiger partial charge is 0.392 e. The van der Waals surface area contributed by atoms with E-state index in [4.69, 9.17) is 18.0 Å². The molecule has 1 rings (SSSR count). The normalized spacial score (nSPS) is 22.7. The predicted octanol–water partition coefficient (Wildman–Crippen LogP) is -0.409. The van der Waals surface area contributed by atoms with Gasteiger partial charge in [-0.2, -0.15) is 4.31 Å². The third-order valence-electron chi connectivity index (χ3n) is 3.13. The average molecular weight is 293 g/mol. The molecule has 3 N–H and O–H groups in total. The highest BCUT2D eigenvalue weighted by Gasteiger charge is 2.42. The summed E-state index contributed by atoms with van der Waals surface area (Å²) in [6.45, 7) is 2.06. The van der Waals surface area contributed by atoms with Crippen LogP contribution in [0, 0.1) is 0 Å². The Morgan fingerprint density at radius 3 is 2.67 bits per heavy atom. The monoisotopic (exact) mass is 293 g/mol. The minimum absolute atomic E-state index is 0.0416. The quantitative estimate of drug-likeness (QED) is 0.672. The zero-order valence-corrected chi connectivity index (χ0v) is 12.2. The highest BCUT2D eigenvalue weighted by molar-refractivity contribution is 7.92. The van der Waals surface area contributed by atoms with E-state index in [0.717, 1.165) is 0 Å². The number of carbonyl (C=O) groups excluding carboxylic acids is 1. The second-order valence-corrected chi connectivity index (χ2v) is 6.77. The lowest BCUT2D eigenvalue weighted by Gasteiger charge is -2.26. The van der Waals surface area contributed by atoms with Gasteiger partial charge in [-0.25, -0.2) is 8.42 Å². The number of amides is 1. The van der Waals surface area contributed by atoms with Crippen molar-refractivity contribution in [2.75, 3.05) is 13.6 Å². The molecule has 8 heteroatoms. The van der Waals surface area contributed by atoms with E-state index >= 15 is 0 Å².